The highest BCUT2D eigenvalue weighted by molar-refractivity contribution is 7.85. The molecule has 0 unspecified atom stereocenters. The van der Waals surface area contributed by atoms with E-state index in [1.807, 2.05) is 0 Å². The summed E-state index contributed by atoms with van der Waals surface area (Å²) in [7, 11) is -1.11. The molecule has 33 heavy (non-hydrogen) atoms. The quantitative estimate of drug-likeness (QED) is 0.638. The summed E-state index contributed by atoms with van der Waals surface area (Å²) < 4.78 is 12.7. The minimum atomic E-state index is -1.11. The third-order valence-electron chi connectivity index (χ3n) is 6.45. The van der Waals surface area contributed by atoms with Crippen LogP contribution in [0, 0.1) is 0 Å². The number of carbonyl (C=O) groups excluding carboxylic acids is 1. The Morgan fingerprint density at radius 1 is 1.24 bits per heavy atom. The summed E-state index contributed by atoms with van der Waals surface area (Å²) in [4.78, 5) is 32.6. The van der Waals surface area contributed by atoms with Crippen molar-refractivity contribution in [2.24, 2.45) is 0 Å². The first kappa shape index (κ1) is 22.2. The zero-order valence-electron chi connectivity index (χ0n) is 18.4. The van der Waals surface area contributed by atoms with Gasteiger partial charge in [-0.2, -0.15) is 4.98 Å². The van der Waals surface area contributed by atoms with Gasteiger partial charge in [0, 0.05) is 51.1 Å². The lowest BCUT2D eigenvalue weighted by Crippen LogP contribution is -2.53. The summed E-state index contributed by atoms with van der Waals surface area (Å²) in [6.07, 6.45) is 9.71. The maximum absolute atomic E-state index is 12.7. The lowest BCUT2D eigenvalue weighted by Gasteiger charge is -2.43. The number of aryl methyl sites for hydroxylation is 1. The van der Waals surface area contributed by atoms with E-state index in [9.17, 15) is 9.00 Å². The van der Waals surface area contributed by atoms with Crippen LogP contribution in [0.15, 0.2) is 23.4 Å². The molecule has 1 atom stereocenters. The van der Waals surface area contributed by atoms with Crippen LogP contribution in [0.2, 0.25) is 5.02 Å². The second kappa shape index (κ2) is 8.98. The first-order chi connectivity index (χ1) is 15.9. The van der Waals surface area contributed by atoms with E-state index < -0.39 is 10.8 Å². The molecule has 0 aromatic carbocycles. The van der Waals surface area contributed by atoms with Gasteiger partial charge in [-0.15, -0.1) is 0 Å². The van der Waals surface area contributed by atoms with Crippen molar-refractivity contribution in [3.05, 3.63) is 35.0 Å². The van der Waals surface area contributed by atoms with Crippen molar-refractivity contribution in [2.45, 2.75) is 49.5 Å². The van der Waals surface area contributed by atoms with Crippen LogP contribution < -0.4 is 15.5 Å². The third-order valence-corrected chi connectivity index (χ3v) is 8.10. The second-order valence-corrected chi connectivity index (χ2v) is 10.7. The summed E-state index contributed by atoms with van der Waals surface area (Å²) in [6, 6.07) is 0. The molecule has 9 nitrogen and oxygen atoms in total. The lowest BCUT2D eigenvalue weighted by molar-refractivity contribution is -0.119. The zero-order valence-corrected chi connectivity index (χ0v) is 20.0. The van der Waals surface area contributed by atoms with Gasteiger partial charge < -0.3 is 15.5 Å². The lowest BCUT2D eigenvalue weighted by atomic mass is 9.76. The smallest absolute Gasteiger partial charge is 0.227 e. The van der Waals surface area contributed by atoms with E-state index in [-0.39, 0.29) is 11.4 Å². The molecule has 5 rings (SSSR count). The largest absolute Gasteiger partial charge is 0.362 e. The molecule has 4 heterocycles. The number of carbonyl (C=O) groups is 1. The van der Waals surface area contributed by atoms with Crippen molar-refractivity contribution >= 4 is 45.6 Å². The molecule has 0 radical (unpaired) electrons. The highest BCUT2D eigenvalue weighted by Gasteiger charge is 2.39. The van der Waals surface area contributed by atoms with Crippen molar-refractivity contribution in [1.82, 2.24) is 25.3 Å². The van der Waals surface area contributed by atoms with E-state index >= 15 is 0 Å². The van der Waals surface area contributed by atoms with Gasteiger partial charge in [-0.05, 0) is 31.3 Å². The van der Waals surface area contributed by atoms with Crippen LogP contribution in [0.25, 0.3) is 5.57 Å². The van der Waals surface area contributed by atoms with Gasteiger partial charge in [-0.25, -0.2) is 15.0 Å². The van der Waals surface area contributed by atoms with Gasteiger partial charge in [0.05, 0.1) is 27.1 Å². The Bertz CT molecular complexity index is 1130. The number of halogens is 1. The number of nitrogens with zero attached hydrogens (tertiary/aromatic N) is 5. The van der Waals surface area contributed by atoms with Gasteiger partial charge >= 0.3 is 0 Å². The predicted octanol–water partition coefficient (Wildman–Crippen LogP) is 2.35. The van der Waals surface area contributed by atoms with Crippen LogP contribution in [0.4, 0.5) is 11.8 Å². The highest BCUT2D eigenvalue weighted by Crippen LogP contribution is 2.38. The summed E-state index contributed by atoms with van der Waals surface area (Å²) >= 11 is 5.90. The molecule has 1 amide bonds. The number of aromatic nitrogens is 4. The first-order valence-corrected chi connectivity index (χ1v) is 12.9. The van der Waals surface area contributed by atoms with Gasteiger partial charge in [0.15, 0.2) is 5.82 Å². The van der Waals surface area contributed by atoms with Gasteiger partial charge in [-0.1, -0.05) is 17.7 Å². The molecule has 2 N–H and O–H groups in total. The second-order valence-electron chi connectivity index (χ2n) is 8.77. The Morgan fingerprint density at radius 2 is 2.03 bits per heavy atom. The summed E-state index contributed by atoms with van der Waals surface area (Å²) in [5.74, 6) is 2.49. The van der Waals surface area contributed by atoms with Crippen molar-refractivity contribution in [1.29, 1.82) is 0 Å². The molecule has 2 aromatic rings. The van der Waals surface area contributed by atoms with Gasteiger partial charge in [0.25, 0.3) is 0 Å². The molecule has 1 saturated carbocycles. The topological polar surface area (TPSA) is 113 Å². The standard InChI is InChI=1S/C22H26ClN7O2S/c1-14(31)26-13-22(6-2-7-22)29-20-18-17(5-10-33(18)32)27-21(28-20)30-8-3-15(4-9-30)19-24-11-16(23)12-25-19/h3,11-12H,2,4-10,13H2,1H3,(H,26,31)(H,27,28,29)/t33-/m1/s1. The number of rotatable bonds is 6. The summed E-state index contributed by atoms with van der Waals surface area (Å²) in [5.41, 5.74) is 1.68. The minimum absolute atomic E-state index is 0.0548. The Kier molecular flexibility index (Phi) is 6.05. The first-order valence-electron chi connectivity index (χ1n) is 11.2. The normalized spacial score (nSPS) is 21.1. The van der Waals surface area contributed by atoms with Crippen molar-refractivity contribution in [3.8, 4) is 0 Å². The predicted molar refractivity (Wildman–Crippen MR) is 128 cm³/mol. The Labute approximate surface area is 199 Å². The Balaban J connectivity index is 1.40. The van der Waals surface area contributed by atoms with Crippen LogP contribution in [-0.2, 0) is 22.0 Å². The molecule has 0 spiro atoms. The number of amides is 1. The molecular weight excluding hydrogens is 462 g/mol. The van der Waals surface area contributed by atoms with E-state index in [0.717, 1.165) is 48.4 Å². The van der Waals surface area contributed by atoms with E-state index in [1.54, 1.807) is 12.4 Å². The SMILES string of the molecule is CC(=O)NCC1(Nc2nc(N3CC=C(c4ncc(Cl)cn4)CC3)nc3c2[S@](=O)CC3)CCC1. The summed E-state index contributed by atoms with van der Waals surface area (Å²) in [6.45, 7) is 3.42. The zero-order chi connectivity index (χ0) is 23.0. The van der Waals surface area contributed by atoms with Crippen LogP contribution in [0.5, 0.6) is 0 Å². The van der Waals surface area contributed by atoms with Crippen LogP contribution in [-0.4, -0.2) is 61.0 Å². The molecule has 174 valence electrons. The molecule has 0 bridgehead atoms. The van der Waals surface area contributed by atoms with Gasteiger partial charge in [0.1, 0.15) is 10.7 Å². The van der Waals surface area contributed by atoms with E-state index in [1.165, 1.54) is 6.92 Å². The maximum atomic E-state index is 12.7. The Hall–Kier alpha value is -2.59. The molecule has 2 aliphatic heterocycles. The molecule has 1 aliphatic carbocycles. The number of fused-ring (bicyclic) bond motifs is 1. The van der Waals surface area contributed by atoms with Gasteiger partial charge in [-0.3, -0.25) is 9.00 Å². The van der Waals surface area contributed by atoms with E-state index in [0.29, 0.717) is 47.9 Å². The fourth-order valence-corrected chi connectivity index (χ4v) is 5.84. The van der Waals surface area contributed by atoms with Crippen LogP contribution in [0.1, 0.15) is 44.1 Å². The minimum Gasteiger partial charge on any atom is -0.362 e. The number of anilines is 2. The summed E-state index contributed by atoms with van der Waals surface area (Å²) in [5, 5.41) is 7.01. The van der Waals surface area contributed by atoms with E-state index in [2.05, 4.69) is 31.6 Å². The van der Waals surface area contributed by atoms with Gasteiger partial charge in [0.2, 0.25) is 11.9 Å². The van der Waals surface area contributed by atoms with Crippen molar-refractivity contribution in [3.63, 3.8) is 0 Å². The molecule has 0 saturated heterocycles. The monoisotopic (exact) mass is 487 g/mol. The fourth-order valence-electron chi connectivity index (χ4n) is 4.44. The van der Waals surface area contributed by atoms with Crippen molar-refractivity contribution < 1.29 is 9.00 Å². The molecule has 2 aromatic heterocycles. The Morgan fingerprint density at radius 3 is 2.67 bits per heavy atom. The number of hydrogen-bond donors (Lipinski definition) is 2. The van der Waals surface area contributed by atoms with E-state index in [4.69, 9.17) is 21.6 Å². The average molecular weight is 488 g/mol. The number of hydrogen-bond acceptors (Lipinski definition) is 8. The highest BCUT2D eigenvalue weighted by atomic mass is 35.5. The molecule has 11 heteroatoms. The number of nitrogens with one attached hydrogen (secondary N) is 2. The maximum Gasteiger partial charge on any atom is 0.227 e. The average Bonchev–Trinajstić information content (AvgIpc) is 3.17. The fraction of sp³-hybridized carbons (Fsp3) is 0.500. The third kappa shape index (κ3) is 4.59. The molecular formula is C22H26ClN7O2S. The van der Waals surface area contributed by atoms with Crippen LogP contribution in [0.3, 0.4) is 0 Å². The van der Waals surface area contributed by atoms with Crippen LogP contribution >= 0.6 is 11.6 Å². The molecule has 3 aliphatic rings. The van der Waals surface area contributed by atoms with Crippen molar-refractivity contribution in [2.75, 3.05) is 35.6 Å². The molecule has 1 fully saturated rings.